The highest BCUT2D eigenvalue weighted by atomic mass is 16.5. The first-order valence-electron chi connectivity index (χ1n) is 15.0. The second kappa shape index (κ2) is 11.3. The monoisotopic (exact) mass is 568 g/mol. The zero-order chi connectivity index (χ0) is 29.5. The minimum absolute atomic E-state index is 0.0360. The Morgan fingerprint density at radius 1 is 1.21 bits per heavy atom. The van der Waals surface area contributed by atoms with E-state index < -0.39 is 0 Å². The molecule has 3 atom stereocenters. The van der Waals surface area contributed by atoms with Crippen molar-refractivity contribution in [1.82, 2.24) is 24.8 Å². The fraction of sp³-hybridized carbons (Fsp3) is 0.500. The number of ether oxygens (including phenoxy) is 1. The van der Waals surface area contributed by atoms with E-state index in [4.69, 9.17) is 9.72 Å². The number of aryl methyl sites for hydroxylation is 1. The van der Waals surface area contributed by atoms with Crippen LogP contribution in [-0.4, -0.2) is 88.6 Å². The van der Waals surface area contributed by atoms with Crippen molar-refractivity contribution in [2.24, 2.45) is 0 Å². The molecule has 0 radical (unpaired) electrons. The normalized spacial score (nSPS) is 22.7. The van der Waals surface area contributed by atoms with Crippen LogP contribution in [0.25, 0.3) is 11.0 Å². The van der Waals surface area contributed by atoms with Gasteiger partial charge < -0.3 is 29.3 Å². The molecule has 42 heavy (non-hydrogen) atoms. The third-order valence-corrected chi connectivity index (χ3v) is 9.24. The van der Waals surface area contributed by atoms with Gasteiger partial charge in [0.1, 0.15) is 23.8 Å². The average molecular weight is 569 g/mol. The van der Waals surface area contributed by atoms with Gasteiger partial charge in [-0.3, -0.25) is 4.79 Å². The predicted molar refractivity (Wildman–Crippen MR) is 164 cm³/mol. The molecule has 5 heterocycles. The highest BCUT2D eigenvalue weighted by molar-refractivity contribution is 5.91. The molecule has 1 aromatic carbocycles. The number of fused-ring (bicyclic) bond motifs is 2. The lowest BCUT2D eigenvalue weighted by Crippen LogP contribution is -2.58. The number of nitriles is 1. The number of aromatic amines is 1. The largest absolute Gasteiger partial charge is 0.475 e. The lowest BCUT2D eigenvalue weighted by molar-refractivity contribution is -0.130. The zero-order valence-corrected chi connectivity index (χ0v) is 25.1. The van der Waals surface area contributed by atoms with Gasteiger partial charge in [0.05, 0.1) is 35.5 Å². The number of anilines is 2. The Morgan fingerprint density at radius 3 is 2.69 bits per heavy atom. The molecular weight excluding hydrogens is 528 g/mol. The van der Waals surface area contributed by atoms with E-state index in [2.05, 4.69) is 77.3 Å². The summed E-state index contributed by atoms with van der Waals surface area (Å²) < 4.78 is 6.42. The van der Waals surface area contributed by atoms with Gasteiger partial charge in [0.15, 0.2) is 0 Å². The molecule has 10 heteroatoms. The van der Waals surface area contributed by atoms with Crippen LogP contribution in [0, 0.1) is 18.3 Å². The number of H-pyrrole nitrogens is 1. The second-order valence-electron chi connectivity index (χ2n) is 12.0. The maximum absolute atomic E-state index is 12.6. The van der Waals surface area contributed by atoms with Gasteiger partial charge in [-0.25, -0.2) is 9.97 Å². The van der Waals surface area contributed by atoms with E-state index in [9.17, 15) is 10.1 Å². The number of pyridine rings is 1. The molecule has 2 fully saturated rings. The Morgan fingerprint density at radius 2 is 2.00 bits per heavy atom. The molecule has 0 saturated carbocycles. The van der Waals surface area contributed by atoms with Crippen molar-refractivity contribution in [2.45, 2.75) is 64.7 Å². The van der Waals surface area contributed by atoms with Crippen LogP contribution in [0.2, 0.25) is 0 Å². The van der Waals surface area contributed by atoms with Crippen LogP contribution >= 0.6 is 0 Å². The van der Waals surface area contributed by atoms with Crippen LogP contribution in [0.5, 0.6) is 5.88 Å². The number of aromatic nitrogens is 3. The highest BCUT2D eigenvalue weighted by Crippen LogP contribution is 2.40. The first kappa shape index (κ1) is 28.0. The molecule has 3 aliphatic rings. The maximum atomic E-state index is 12.6. The molecule has 0 bridgehead atoms. The fourth-order valence-electron chi connectivity index (χ4n) is 7.18. The number of benzene rings is 1. The van der Waals surface area contributed by atoms with Gasteiger partial charge in [0.25, 0.3) is 0 Å². The summed E-state index contributed by atoms with van der Waals surface area (Å²) in [7, 11) is 2.13. The molecule has 1 amide bonds. The van der Waals surface area contributed by atoms with E-state index in [1.807, 2.05) is 4.90 Å². The molecule has 0 aliphatic carbocycles. The van der Waals surface area contributed by atoms with Crippen molar-refractivity contribution >= 4 is 28.3 Å². The van der Waals surface area contributed by atoms with Crippen LogP contribution < -0.4 is 14.5 Å². The zero-order valence-electron chi connectivity index (χ0n) is 25.1. The van der Waals surface area contributed by atoms with E-state index in [1.165, 1.54) is 11.6 Å². The van der Waals surface area contributed by atoms with Crippen molar-refractivity contribution in [3.05, 3.63) is 53.5 Å². The molecule has 3 aliphatic heterocycles. The van der Waals surface area contributed by atoms with Gasteiger partial charge in [-0.15, -0.1) is 0 Å². The maximum Gasteiger partial charge on any atom is 0.246 e. The van der Waals surface area contributed by atoms with Crippen molar-refractivity contribution in [1.29, 1.82) is 5.26 Å². The second-order valence-corrected chi connectivity index (χ2v) is 12.0. The van der Waals surface area contributed by atoms with E-state index in [-0.39, 0.29) is 18.0 Å². The Hall–Kier alpha value is -4.10. The number of likely N-dealkylation sites (tertiary alicyclic amines) is 1. The summed E-state index contributed by atoms with van der Waals surface area (Å²) in [6.45, 7) is 14.1. The van der Waals surface area contributed by atoms with E-state index >= 15 is 0 Å². The summed E-state index contributed by atoms with van der Waals surface area (Å²) in [6, 6.07) is 6.91. The third kappa shape index (κ3) is 4.86. The van der Waals surface area contributed by atoms with E-state index in [0.29, 0.717) is 43.7 Å². The van der Waals surface area contributed by atoms with Crippen molar-refractivity contribution in [2.75, 3.05) is 49.6 Å². The van der Waals surface area contributed by atoms with Gasteiger partial charge in [-0.1, -0.05) is 12.6 Å². The number of hydrogen-bond donors (Lipinski definition) is 1. The number of carbonyl (C=O) groups is 1. The number of amides is 1. The molecule has 2 saturated heterocycles. The topological polar surface area (TPSA) is 105 Å². The van der Waals surface area contributed by atoms with Gasteiger partial charge in [0.2, 0.25) is 11.8 Å². The number of piperazine rings is 1. The van der Waals surface area contributed by atoms with Gasteiger partial charge in [0, 0.05) is 43.3 Å². The smallest absolute Gasteiger partial charge is 0.246 e. The molecule has 6 rings (SSSR count). The molecule has 1 N–H and O–H groups in total. The van der Waals surface area contributed by atoms with Crippen LogP contribution in [-0.2, 0) is 17.8 Å². The van der Waals surface area contributed by atoms with Crippen molar-refractivity contribution in [3.63, 3.8) is 0 Å². The number of imidazole rings is 1. The van der Waals surface area contributed by atoms with Crippen LogP contribution in [0.1, 0.15) is 49.1 Å². The Bertz CT molecular complexity index is 1550. The lowest BCUT2D eigenvalue weighted by Gasteiger charge is -2.46. The lowest BCUT2D eigenvalue weighted by atomic mass is 9.96. The number of hydrogen-bond acceptors (Lipinski definition) is 8. The Kier molecular flexibility index (Phi) is 7.54. The molecule has 3 aromatic rings. The summed E-state index contributed by atoms with van der Waals surface area (Å²) in [6.07, 6.45) is 6.10. The molecule has 0 spiro atoms. The van der Waals surface area contributed by atoms with Gasteiger partial charge in [-0.2, -0.15) is 5.26 Å². The SMILES string of the molecule is C=CC(=O)N1[C@H](C)CN(c2c(C#N)c(OC[C@@H]3CCCN3C)nc3c2CCN(c2c(C)ccc4[nH]cnc24)C3)C[C@@H]1C. The first-order chi connectivity index (χ1) is 20.3. The summed E-state index contributed by atoms with van der Waals surface area (Å²) >= 11 is 0. The number of nitrogens with zero attached hydrogens (tertiary/aromatic N) is 7. The first-order valence-corrected chi connectivity index (χ1v) is 15.0. The van der Waals surface area contributed by atoms with Crippen molar-refractivity contribution < 1.29 is 9.53 Å². The van der Waals surface area contributed by atoms with Crippen LogP contribution in [0.15, 0.2) is 31.1 Å². The van der Waals surface area contributed by atoms with Crippen LogP contribution in [0.4, 0.5) is 11.4 Å². The van der Waals surface area contributed by atoms with Crippen molar-refractivity contribution in [3.8, 4) is 11.9 Å². The highest BCUT2D eigenvalue weighted by Gasteiger charge is 2.37. The Balaban J connectivity index is 1.41. The number of nitrogens with one attached hydrogen (secondary N) is 1. The predicted octanol–water partition coefficient (Wildman–Crippen LogP) is 3.79. The van der Waals surface area contributed by atoms with Crippen LogP contribution in [0.3, 0.4) is 0 Å². The minimum atomic E-state index is -0.0600. The molecular formula is C32H40N8O2. The summed E-state index contributed by atoms with van der Waals surface area (Å²) in [5.41, 5.74) is 7.68. The van der Waals surface area contributed by atoms with Gasteiger partial charge >= 0.3 is 0 Å². The quantitative estimate of drug-likeness (QED) is 0.448. The molecule has 0 unspecified atom stereocenters. The van der Waals surface area contributed by atoms with E-state index in [0.717, 1.165) is 66.0 Å². The molecule has 2 aromatic heterocycles. The Labute approximate surface area is 247 Å². The number of likely N-dealkylation sites (N-methyl/N-ethyl adjacent to an activating group) is 1. The minimum Gasteiger partial charge on any atom is -0.475 e. The summed E-state index contributed by atoms with van der Waals surface area (Å²) in [5.74, 6) is 0.350. The summed E-state index contributed by atoms with van der Waals surface area (Å²) in [4.78, 5) is 34.4. The number of carbonyl (C=O) groups excluding carboxylic acids is 1. The molecule has 220 valence electrons. The third-order valence-electron chi connectivity index (χ3n) is 9.24. The summed E-state index contributed by atoms with van der Waals surface area (Å²) in [5, 5.41) is 10.5. The fourth-order valence-corrected chi connectivity index (χ4v) is 7.18. The molecule has 10 nitrogen and oxygen atoms in total. The number of rotatable bonds is 6. The average Bonchev–Trinajstić information content (AvgIpc) is 3.62. The standard InChI is InChI=1S/C32H40N8O2/c1-6-28(41)40-21(3)15-39(16-22(40)4)31-24-11-13-38(30-20(2)9-10-26-29(30)35-19-34-26)17-27(24)36-32(25(31)14-33)42-18-23-8-7-12-37(23)5/h6,9-10,19,21-23H,1,7-8,11-13,15-18H2,2-5H3,(H,34,35)/t21-,22+,23-/m0/s1. The van der Waals surface area contributed by atoms with Gasteiger partial charge in [-0.05, 0) is 71.3 Å². The van der Waals surface area contributed by atoms with E-state index in [1.54, 1.807) is 6.33 Å².